The predicted octanol–water partition coefficient (Wildman–Crippen LogP) is 1.38. The van der Waals surface area contributed by atoms with Crippen LogP contribution in [-0.4, -0.2) is 38.0 Å². The third-order valence-electron chi connectivity index (χ3n) is 4.05. The summed E-state index contributed by atoms with van der Waals surface area (Å²) < 4.78 is 22.5. The highest BCUT2D eigenvalue weighted by molar-refractivity contribution is 7.89. The van der Waals surface area contributed by atoms with E-state index < -0.39 is 10.0 Å². The van der Waals surface area contributed by atoms with Gasteiger partial charge < -0.3 is 10.2 Å². The molecular weight excluding hydrogens is 326 g/mol. The smallest absolute Gasteiger partial charge is 0.238 e. The van der Waals surface area contributed by atoms with E-state index in [2.05, 4.69) is 20.2 Å². The van der Waals surface area contributed by atoms with Gasteiger partial charge in [0, 0.05) is 25.7 Å². The number of rotatable bonds is 6. The fourth-order valence-corrected chi connectivity index (χ4v) is 3.26. The molecular formula is C16H21N5O2S. The molecule has 7 nitrogen and oxygen atoms in total. The van der Waals surface area contributed by atoms with Gasteiger partial charge >= 0.3 is 0 Å². The molecule has 128 valence electrons. The first-order chi connectivity index (χ1) is 11.5. The Bertz CT molecular complexity index is 786. The average Bonchev–Trinajstić information content (AvgIpc) is 3.09. The summed E-state index contributed by atoms with van der Waals surface area (Å²) in [5.41, 5.74) is 1.03. The van der Waals surface area contributed by atoms with Gasteiger partial charge in [-0.25, -0.2) is 23.5 Å². The highest BCUT2D eigenvalue weighted by Gasteiger charge is 2.13. The Kier molecular flexibility index (Phi) is 4.96. The van der Waals surface area contributed by atoms with Crippen molar-refractivity contribution in [3.63, 3.8) is 0 Å². The number of primary sulfonamides is 1. The molecule has 3 rings (SSSR count). The van der Waals surface area contributed by atoms with Gasteiger partial charge in [0.25, 0.3) is 0 Å². The molecule has 1 fully saturated rings. The number of benzene rings is 1. The van der Waals surface area contributed by atoms with Crippen LogP contribution < -0.4 is 15.4 Å². The first-order valence-corrected chi connectivity index (χ1v) is 9.49. The number of hydrogen-bond donors (Lipinski definition) is 2. The summed E-state index contributed by atoms with van der Waals surface area (Å²) in [7, 11) is -3.63. The van der Waals surface area contributed by atoms with Crippen LogP contribution in [-0.2, 0) is 16.4 Å². The average molecular weight is 347 g/mol. The standard InChI is InChI=1S/C16H21N5O2S/c17-24(22,23)14-5-3-13(4-6-14)7-8-18-15-11-16(20-12-19-15)21-9-1-2-10-21/h3-6,11-12H,1-2,7-10H2,(H2,17,22,23)(H,18,19,20). The molecule has 0 bridgehead atoms. The van der Waals surface area contributed by atoms with Crippen LogP contribution in [0, 0.1) is 0 Å². The van der Waals surface area contributed by atoms with E-state index in [0.29, 0.717) is 6.54 Å². The molecule has 1 aliphatic heterocycles. The van der Waals surface area contributed by atoms with Crippen LogP contribution in [0.1, 0.15) is 18.4 Å². The molecule has 1 aromatic heterocycles. The maximum atomic E-state index is 11.2. The van der Waals surface area contributed by atoms with Crippen molar-refractivity contribution in [2.24, 2.45) is 5.14 Å². The van der Waals surface area contributed by atoms with Crippen molar-refractivity contribution in [3.05, 3.63) is 42.2 Å². The van der Waals surface area contributed by atoms with Gasteiger partial charge in [-0.05, 0) is 37.0 Å². The molecule has 0 atom stereocenters. The van der Waals surface area contributed by atoms with Gasteiger partial charge in [-0.3, -0.25) is 0 Å². The zero-order valence-electron chi connectivity index (χ0n) is 13.4. The number of nitrogens with one attached hydrogen (secondary N) is 1. The van der Waals surface area contributed by atoms with Gasteiger partial charge in [0.1, 0.15) is 18.0 Å². The van der Waals surface area contributed by atoms with Gasteiger partial charge in [0.15, 0.2) is 0 Å². The van der Waals surface area contributed by atoms with E-state index in [1.54, 1.807) is 18.5 Å². The molecule has 0 unspecified atom stereocenters. The molecule has 24 heavy (non-hydrogen) atoms. The lowest BCUT2D eigenvalue weighted by atomic mass is 10.1. The first-order valence-electron chi connectivity index (χ1n) is 7.95. The van der Waals surface area contributed by atoms with Crippen LogP contribution in [0.25, 0.3) is 0 Å². The maximum Gasteiger partial charge on any atom is 0.238 e. The van der Waals surface area contributed by atoms with Crippen LogP contribution in [0.2, 0.25) is 0 Å². The number of hydrogen-bond acceptors (Lipinski definition) is 6. The Labute approximate surface area is 142 Å². The van der Waals surface area contributed by atoms with Crippen LogP contribution >= 0.6 is 0 Å². The quantitative estimate of drug-likeness (QED) is 0.819. The van der Waals surface area contributed by atoms with E-state index in [4.69, 9.17) is 5.14 Å². The lowest BCUT2D eigenvalue weighted by Crippen LogP contribution is -2.19. The van der Waals surface area contributed by atoms with E-state index in [1.807, 2.05) is 6.07 Å². The minimum absolute atomic E-state index is 0.130. The van der Waals surface area contributed by atoms with Gasteiger partial charge in [-0.15, -0.1) is 0 Å². The summed E-state index contributed by atoms with van der Waals surface area (Å²) in [6.45, 7) is 2.80. The second-order valence-corrected chi connectivity index (χ2v) is 7.38. The lowest BCUT2D eigenvalue weighted by molar-refractivity contribution is 0.598. The monoisotopic (exact) mass is 347 g/mol. The minimum atomic E-state index is -3.63. The van der Waals surface area contributed by atoms with E-state index in [1.165, 1.54) is 25.0 Å². The second-order valence-electron chi connectivity index (χ2n) is 5.82. The number of aromatic nitrogens is 2. The Morgan fingerprint density at radius 1 is 1.12 bits per heavy atom. The van der Waals surface area contributed by atoms with Crippen molar-refractivity contribution in [1.82, 2.24) is 9.97 Å². The Balaban J connectivity index is 1.55. The van der Waals surface area contributed by atoms with E-state index in [0.717, 1.165) is 36.7 Å². The summed E-state index contributed by atoms with van der Waals surface area (Å²) in [5, 5.41) is 8.37. The number of sulfonamides is 1. The van der Waals surface area contributed by atoms with Crippen molar-refractivity contribution in [2.45, 2.75) is 24.2 Å². The van der Waals surface area contributed by atoms with Gasteiger partial charge in [-0.2, -0.15) is 0 Å². The molecule has 1 saturated heterocycles. The highest BCUT2D eigenvalue weighted by atomic mass is 32.2. The summed E-state index contributed by atoms with van der Waals surface area (Å²) in [6, 6.07) is 8.57. The molecule has 3 N–H and O–H groups in total. The van der Waals surface area contributed by atoms with Gasteiger partial charge in [0.05, 0.1) is 4.90 Å². The van der Waals surface area contributed by atoms with Crippen molar-refractivity contribution in [3.8, 4) is 0 Å². The molecule has 2 heterocycles. The molecule has 0 spiro atoms. The minimum Gasteiger partial charge on any atom is -0.370 e. The van der Waals surface area contributed by atoms with Crippen LogP contribution in [0.4, 0.5) is 11.6 Å². The van der Waals surface area contributed by atoms with Crippen LogP contribution in [0.15, 0.2) is 41.6 Å². The lowest BCUT2D eigenvalue weighted by Gasteiger charge is -2.16. The fraction of sp³-hybridized carbons (Fsp3) is 0.375. The topological polar surface area (TPSA) is 101 Å². The first kappa shape index (κ1) is 16.7. The summed E-state index contributed by atoms with van der Waals surface area (Å²) in [4.78, 5) is 11.0. The van der Waals surface area contributed by atoms with Crippen molar-refractivity contribution < 1.29 is 8.42 Å². The number of nitrogens with two attached hydrogens (primary N) is 1. The third kappa shape index (κ3) is 4.21. The van der Waals surface area contributed by atoms with E-state index in [9.17, 15) is 8.42 Å². The van der Waals surface area contributed by atoms with Crippen LogP contribution in [0.5, 0.6) is 0 Å². The second kappa shape index (κ2) is 7.14. The maximum absolute atomic E-state index is 11.2. The van der Waals surface area contributed by atoms with E-state index in [-0.39, 0.29) is 4.90 Å². The SMILES string of the molecule is NS(=O)(=O)c1ccc(CCNc2cc(N3CCCC3)ncn2)cc1. The molecule has 0 amide bonds. The predicted molar refractivity (Wildman–Crippen MR) is 93.5 cm³/mol. The third-order valence-corrected chi connectivity index (χ3v) is 4.98. The summed E-state index contributed by atoms with van der Waals surface area (Å²) in [6.07, 6.45) is 4.76. The number of nitrogens with zero attached hydrogens (tertiary/aromatic N) is 3. The Morgan fingerprint density at radius 3 is 2.50 bits per heavy atom. The number of anilines is 2. The molecule has 0 saturated carbocycles. The summed E-state index contributed by atoms with van der Waals surface area (Å²) >= 11 is 0. The molecule has 0 radical (unpaired) electrons. The zero-order valence-corrected chi connectivity index (χ0v) is 14.2. The van der Waals surface area contributed by atoms with Crippen molar-refractivity contribution >= 4 is 21.7 Å². The molecule has 2 aromatic rings. The van der Waals surface area contributed by atoms with Crippen molar-refractivity contribution in [1.29, 1.82) is 0 Å². The van der Waals surface area contributed by atoms with Crippen LogP contribution in [0.3, 0.4) is 0 Å². The van der Waals surface area contributed by atoms with Crippen molar-refractivity contribution in [2.75, 3.05) is 29.9 Å². The largest absolute Gasteiger partial charge is 0.370 e. The normalized spacial score (nSPS) is 14.8. The molecule has 1 aliphatic rings. The zero-order chi connectivity index (χ0) is 17.0. The van der Waals surface area contributed by atoms with Gasteiger partial charge in [-0.1, -0.05) is 12.1 Å². The summed E-state index contributed by atoms with van der Waals surface area (Å²) in [5.74, 6) is 1.76. The fourth-order valence-electron chi connectivity index (χ4n) is 2.74. The highest BCUT2D eigenvalue weighted by Crippen LogP contribution is 2.19. The molecule has 8 heteroatoms. The van der Waals surface area contributed by atoms with E-state index >= 15 is 0 Å². The Hall–Kier alpha value is -2.19. The molecule has 1 aromatic carbocycles. The Morgan fingerprint density at radius 2 is 1.83 bits per heavy atom. The van der Waals surface area contributed by atoms with Gasteiger partial charge in [0.2, 0.25) is 10.0 Å². The molecule has 0 aliphatic carbocycles.